The molecule has 0 heterocycles. The summed E-state index contributed by atoms with van der Waals surface area (Å²) >= 11 is 11.1. The van der Waals surface area contributed by atoms with Crippen LogP contribution in [0.15, 0.2) is 18.2 Å². The summed E-state index contributed by atoms with van der Waals surface area (Å²) in [5.41, 5.74) is 0.712. The van der Waals surface area contributed by atoms with E-state index in [9.17, 15) is 4.39 Å². The van der Waals surface area contributed by atoms with E-state index in [1.807, 2.05) is 0 Å². The summed E-state index contributed by atoms with van der Waals surface area (Å²) in [6.45, 7) is 6.04. The molecule has 2 nitrogen and oxygen atoms in total. The Morgan fingerprint density at radius 3 is 2.44 bits per heavy atom. The molecule has 0 spiro atoms. The van der Waals surface area contributed by atoms with E-state index in [4.69, 9.17) is 23.8 Å². The van der Waals surface area contributed by atoms with Crippen LogP contribution in [0.3, 0.4) is 0 Å². The van der Waals surface area contributed by atoms with Crippen LogP contribution < -0.4 is 5.32 Å². The summed E-state index contributed by atoms with van der Waals surface area (Å²) in [6, 6.07) is 4.50. The second kappa shape index (κ2) is 7.54. The Hall–Kier alpha value is -0.870. The number of rotatable bonds is 5. The van der Waals surface area contributed by atoms with Crippen LogP contribution in [0.5, 0.6) is 0 Å². The molecule has 0 saturated heterocycles. The molecular weight excluding hydrogens is 271 g/mol. The van der Waals surface area contributed by atoms with Gasteiger partial charge in [0.05, 0.1) is 5.02 Å². The molecule has 0 atom stereocenters. The van der Waals surface area contributed by atoms with Crippen molar-refractivity contribution in [3.05, 3.63) is 29.0 Å². The Kier molecular flexibility index (Phi) is 6.36. The van der Waals surface area contributed by atoms with Crippen LogP contribution in [0, 0.1) is 5.82 Å². The molecule has 0 aliphatic rings. The smallest absolute Gasteiger partial charge is 0.173 e. The number of hydrogen-bond donors (Lipinski definition) is 1. The maximum atomic E-state index is 13.0. The number of benzene rings is 1. The molecule has 0 bridgehead atoms. The molecule has 0 fully saturated rings. The minimum Gasteiger partial charge on any atom is -0.349 e. The summed E-state index contributed by atoms with van der Waals surface area (Å²) in [5, 5.41) is 3.84. The summed E-state index contributed by atoms with van der Waals surface area (Å²) in [6.07, 6.45) is 2.07. The van der Waals surface area contributed by atoms with Crippen molar-refractivity contribution in [1.29, 1.82) is 0 Å². The molecule has 0 aliphatic heterocycles. The van der Waals surface area contributed by atoms with Gasteiger partial charge in [-0.05, 0) is 43.3 Å². The van der Waals surface area contributed by atoms with Crippen LogP contribution >= 0.6 is 23.8 Å². The van der Waals surface area contributed by atoms with Crippen molar-refractivity contribution in [2.45, 2.75) is 26.7 Å². The number of hydrogen-bond acceptors (Lipinski definition) is 1. The third-order valence-corrected chi connectivity index (χ3v) is 3.10. The van der Waals surface area contributed by atoms with Gasteiger partial charge in [-0.2, -0.15) is 0 Å². The fraction of sp³-hybridized carbons (Fsp3) is 0.462. The van der Waals surface area contributed by atoms with E-state index in [0.717, 1.165) is 25.9 Å². The van der Waals surface area contributed by atoms with Crippen molar-refractivity contribution in [1.82, 2.24) is 4.90 Å². The molecule has 1 rings (SSSR count). The zero-order valence-corrected chi connectivity index (χ0v) is 12.2. The predicted octanol–water partition coefficient (Wildman–Crippen LogP) is 4.30. The zero-order chi connectivity index (χ0) is 13.5. The van der Waals surface area contributed by atoms with Crippen molar-refractivity contribution >= 4 is 34.6 Å². The summed E-state index contributed by atoms with van der Waals surface area (Å²) < 4.78 is 13.0. The fourth-order valence-corrected chi connectivity index (χ4v) is 2.11. The van der Waals surface area contributed by atoms with Gasteiger partial charge in [0, 0.05) is 18.8 Å². The van der Waals surface area contributed by atoms with Crippen molar-refractivity contribution in [2.75, 3.05) is 18.4 Å². The van der Waals surface area contributed by atoms with E-state index in [-0.39, 0.29) is 5.02 Å². The van der Waals surface area contributed by atoms with E-state index in [0.29, 0.717) is 10.8 Å². The third-order valence-electron chi connectivity index (χ3n) is 2.45. The topological polar surface area (TPSA) is 15.3 Å². The monoisotopic (exact) mass is 288 g/mol. The van der Waals surface area contributed by atoms with Gasteiger partial charge in [-0.15, -0.1) is 0 Å². The van der Waals surface area contributed by atoms with Crippen LogP contribution in [0.2, 0.25) is 5.02 Å². The average molecular weight is 289 g/mol. The first-order chi connectivity index (χ1) is 8.58. The van der Waals surface area contributed by atoms with Gasteiger partial charge in [-0.3, -0.25) is 0 Å². The highest BCUT2D eigenvalue weighted by molar-refractivity contribution is 7.80. The van der Waals surface area contributed by atoms with Crippen LogP contribution in [0.4, 0.5) is 10.1 Å². The molecule has 0 amide bonds. The fourth-order valence-electron chi connectivity index (χ4n) is 1.63. The first-order valence-corrected chi connectivity index (χ1v) is 6.88. The van der Waals surface area contributed by atoms with E-state index < -0.39 is 5.82 Å². The van der Waals surface area contributed by atoms with Gasteiger partial charge in [-0.25, -0.2) is 4.39 Å². The molecule has 0 saturated carbocycles. The van der Waals surface area contributed by atoms with Crippen molar-refractivity contribution < 1.29 is 4.39 Å². The summed E-state index contributed by atoms with van der Waals surface area (Å²) in [5.74, 6) is -0.424. The Balaban J connectivity index is 2.69. The number of nitrogens with one attached hydrogen (secondary N) is 1. The normalized spacial score (nSPS) is 10.2. The van der Waals surface area contributed by atoms with Crippen LogP contribution in [0.1, 0.15) is 26.7 Å². The molecule has 0 aliphatic carbocycles. The lowest BCUT2D eigenvalue weighted by molar-refractivity contribution is 0.423. The first-order valence-electron chi connectivity index (χ1n) is 6.09. The van der Waals surface area contributed by atoms with Crippen LogP contribution in [-0.2, 0) is 0 Å². The van der Waals surface area contributed by atoms with Gasteiger partial charge in [0.25, 0.3) is 0 Å². The Bertz CT molecular complexity index is 406. The van der Waals surface area contributed by atoms with Gasteiger partial charge in [0.1, 0.15) is 5.82 Å². The number of anilines is 1. The summed E-state index contributed by atoms with van der Waals surface area (Å²) in [7, 11) is 0. The molecule has 5 heteroatoms. The lowest BCUT2D eigenvalue weighted by atomic mass is 10.3. The quantitative estimate of drug-likeness (QED) is 0.813. The molecule has 100 valence electrons. The Labute approximate surface area is 118 Å². The number of halogens is 2. The highest BCUT2D eigenvalue weighted by Gasteiger charge is 2.08. The number of nitrogens with zero attached hydrogens (tertiary/aromatic N) is 1. The molecule has 1 aromatic rings. The molecule has 0 unspecified atom stereocenters. The van der Waals surface area contributed by atoms with Gasteiger partial charge >= 0.3 is 0 Å². The minimum absolute atomic E-state index is 0.0975. The Morgan fingerprint density at radius 2 is 1.94 bits per heavy atom. The SMILES string of the molecule is CCCN(CCC)C(=S)Nc1ccc(F)c(Cl)c1. The van der Waals surface area contributed by atoms with Crippen molar-refractivity contribution in [3.63, 3.8) is 0 Å². The lowest BCUT2D eigenvalue weighted by Crippen LogP contribution is -2.35. The molecule has 1 aromatic carbocycles. The van der Waals surface area contributed by atoms with Gasteiger partial charge in [0.2, 0.25) is 0 Å². The molecule has 0 radical (unpaired) electrons. The predicted molar refractivity (Wildman–Crippen MR) is 79.8 cm³/mol. The van der Waals surface area contributed by atoms with E-state index in [1.165, 1.54) is 6.07 Å². The third kappa shape index (κ3) is 4.42. The molecule has 18 heavy (non-hydrogen) atoms. The van der Waals surface area contributed by atoms with Gasteiger partial charge < -0.3 is 10.2 Å². The highest BCUT2D eigenvalue weighted by Crippen LogP contribution is 2.19. The summed E-state index contributed by atoms with van der Waals surface area (Å²) in [4.78, 5) is 2.10. The van der Waals surface area contributed by atoms with E-state index in [1.54, 1.807) is 12.1 Å². The molecule has 0 aromatic heterocycles. The second-order valence-electron chi connectivity index (χ2n) is 4.05. The highest BCUT2D eigenvalue weighted by atomic mass is 35.5. The number of thiocarbonyl (C=S) groups is 1. The van der Waals surface area contributed by atoms with E-state index >= 15 is 0 Å². The van der Waals surface area contributed by atoms with Gasteiger partial charge in [0.15, 0.2) is 5.11 Å². The minimum atomic E-state index is -0.424. The van der Waals surface area contributed by atoms with Crippen molar-refractivity contribution in [3.8, 4) is 0 Å². The molecular formula is C13H18ClFN2S. The molecule has 1 N–H and O–H groups in total. The Morgan fingerprint density at radius 1 is 1.33 bits per heavy atom. The maximum absolute atomic E-state index is 13.0. The van der Waals surface area contributed by atoms with E-state index in [2.05, 4.69) is 24.1 Å². The second-order valence-corrected chi connectivity index (χ2v) is 4.84. The maximum Gasteiger partial charge on any atom is 0.173 e. The lowest BCUT2D eigenvalue weighted by Gasteiger charge is -2.25. The van der Waals surface area contributed by atoms with Crippen LogP contribution in [0.25, 0.3) is 0 Å². The standard InChI is InChI=1S/C13H18ClFN2S/c1-3-7-17(8-4-2)13(18)16-10-5-6-12(15)11(14)9-10/h5-6,9H,3-4,7-8H2,1-2H3,(H,16,18). The first kappa shape index (κ1) is 15.2. The zero-order valence-electron chi connectivity index (χ0n) is 10.7. The van der Waals surface area contributed by atoms with Crippen molar-refractivity contribution in [2.24, 2.45) is 0 Å². The average Bonchev–Trinajstić information content (AvgIpc) is 2.33. The largest absolute Gasteiger partial charge is 0.349 e. The van der Waals surface area contributed by atoms with Crippen LogP contribution in [-0.4, -0.2) is 23.1 Å². The van der Waals surface area contributed by atoms with Gasteiger partial charge in [-0.1, -0.05) is 25.4 Å².